The topological polar surface area (TPSA) is 70.8 Å². The molecule has 0 aliphatic carbocycles. The lowest BCUT2D eigenvalue weighted by Crippen LogP contribution is -2.10. The lowest BCUT2D eigenvalue weighted by Gasteiger charge is -2.12. The normalized spacial score (nSPS) is 10.8. The Bertz CT molecular complexity index is 869. The monoisotopic (exact) mass is 416 g/mol. The summed E-state index contributed by atoms with van der Waals surface area (Å²) in [6.45, 7) is 0.769. The highest BCUT2D eigenvalue weighted by atomic mass is 79.9. The van der Waals surface area contributed by atoms with Crippen LogP contribution in [0, 0.1) is 0 Å². The Morgan fingerprint density at radius 1 is 1.00 bits per heavy atom. The van der Waals surface area contributed by atoms with Gasteiger partial charge in [0.25, 0.3) is 0 Å². The summed E-state index contributed by atoms with van der Waals surface area (Å²) in [6.07, 6.45) is 4.71. The van der Waals surface area contributed by atoms with Crippen LogP contribution in [0.1, 0.15) is 5.56 Å². The van der Waals surface area contributed by atoms with E-state index in [1.165, 1.54) is 17.3 Å². The molecule has 0 spiro atoms. The van der Waals surface area contributed by atoms with E-state index in [1.54, 1.807) is 13.3 Å². The molecule has 8 heteroatoms. The fourth-order valence-corrected chi connectivity index (χ4v) is 2.56. The molecule has 0 fully saturated rings. The van der Waals surface area contributed by atoms with Crippen molar-refractivity contribution in [2.24, 2.45) is 5.10 Å². The van der Waals surface area contributed by atoms with Gasteiger partial charge in [-0.25, -0.2) is 4.68 Å². The highest BCUT2D eigenvalue weighted by Crippen LogP contribution is 2.26. The first kappa shape index (κ1) is 17.9. The molecule has 26 heavy (non-hydrogen) atoms. The molecule has 0 unspecified atom stereocenters. The van der Waals surface area contributed by atoms with Crippen molar-refractivity contribution < 1.29 is 14.2 Å². The van der Waals surface area contributed by atoms with Crippen molar-refractivity contribution in [2.75, 3.05) is 20.3 Å². The molecule has 0 saturated heterocycles. The van der Waals surface area contributed by atoms with E-state index in [0.29, 0.717) is 30.5 Å². The fraction of sp³-hybridized carbons (Fsp3) is 0.167. The number of halogens is 1. The lowest BCUT2D eigenvalue weighted by molar-refractivity contribution is 0.211. The van der Waals surface area contributed by atoms with Gasteiger partial charge in [-0.05, 0) is 30.3 Å². The Balaban J connectivity index is 1.61. The zero-order chi connectivity index (χ0) is 18.2. The van der Waals surface area contributed by atoms with E-state index in [4.69, 9.17) is 14.2 Å². The van der Waals surface area contributed by atoms with Crippen molar-refractivity contribution in [3.8, 4) is 17.2 Å². The predicted octanol–water partition coefficient (Wildman–Crippen LogP) is 3.39. The lowest BCUT2D eigenvalue weighted by atomic mass is 10.2. The van der Waals surface area contributed by atoms with E-state index in [0.717, 1.165) is 10.0 Å². The average molecular weight is 417 g/mol. The van der Waals surface area contributed by atoms with Crippen LogP contribution in [-0.2, 0) is 0 Å². The molecule has 0 amide bonds. The molecule has 2 aromatic carbocycles. The quantitative estimate of drug-likeness (QED) is 0.415. The molecule has 0 atom stereocenters. The summed E-state index contributed by atoms with van der Waals surface area (Å²) in [4.78, 5) is 0. The first-order valence-electron chi connectivity index (χ1n) is 7.83. The summed E-state index contributed by atoms with van der Waals surface area (Å²) in [6, 6.07) is 13.2. The van der Waals surface area contributed by atoms with Crippen LogP contribution in [0.3, 0.4) is 0 Å². The maximum absolute atomic E-state index is 5.84. The zero-order valence-electron chi connectivity index (χ0n) is 14.1. The number of benzene rings is 2. The minimum absolute atomic E-state index is 0.382. The van der Waals surface area contributed by atoms with Gasteiger partial charge in [-0.15, -0.1) is 10.2 Å². The van der Waals surface area contributed by atoms with Gasteiger partial charge in [0.2, 0.25) is 0 Å². The van der Waals surface area contributed by atoms with Gasteiger partial charge in [0.1, 0.15) is 31.6 Å². The summed E-state index contributed by atoms with van der Waals surface area (Å²) in [5.74, 6) is 2.08. The van der Waals surface area contributed by atoms with Crippen molar-refractivity contribution in [2.45, 2.75) is 0 Å². The highest BCUT2D eigenvalue weighted by Gasteiger charge is 2.05. The van der Waals surface area contributed by atoms with Crippen LogP contribution in [-0.4, -0.2) is 41.4 Å². The number of ether oxygens (including phenoxy) is 3. The largest absolute Gasteiger partial charge is 0.493 e. The highest BCUT2D eigenvalue weighted by molar-refractivity contribution is 9.10. The van der Waals surface area contributed by atoms with Crippen molar-refractivity contribution >= 4 is 22.1 Å². The summed E-state index contributed by atoms with van der Waals surface area (Å²) < 4.78 is 19.3. The molecule has 3 rings (SSSR count). The number of rotatable bonds is 8. The van der Waals surface area contributed by atoms with Gasteiger partial charge >= 0.3 is 0 Å². The maximum Gasteiger partial charge on any atom is 0.161 e. The molecule has 1 heterocycles. The third-order valence-corrected chi connectivity index (χ3v) is 3.87. The molecule has 7 nitrogen and oxygen atoms in total. The Morgan fingerprint density at radius 2 is 1.69 bits per heavy atom. The van der Waals surface area contributed by atoms with Crippen LogP contribution in [0.5, 0.6) is 17.2 Å². The van der Waals surface area contributed by atoms with Crippen LogP contribution < -0.4 is 14.2 Å². The number of para-hydroxylation sites is 2. The standard InChI is InChI=1S/C18H17BrN4O3/c1-24-17-4-2-3-5-18(17)26-9-8-25-16-7-6-15(19)10-14(16)11-22-23-12-20-21-13-23/h2-7,10-13H,8-9H2,1H3. The molecule has 134 valence electrons. The molecule has 0 aliphatic heterocycles. The van der Waals surface area contributed by atoms with E-state index in [2.05, 4.69) is 31.2 Å². The maximum atomic E-state index is 5.84. The fourth-order valence-electron chi connectivity index (χ4n) is 2.18. The zero-order valence-corrected chi connectivity index (χ0v) is 15.7. The SMILES string of the molecule is COc1ccccc1OCCOc1ccc(Br)cc1C=Nn1cnnc1. The van der Waals surface area contributed by atoms with E-state index in [-0.39, 0.29) is 0 Å². The molecule has 0 aliphatic rings. The van der Waals surface area contributed by atoms with E-state index >= 15 is 0 Å². The third-order valence-electron chi connectivity index (χ3n) is 3.38. The Morgan fingerprint density at radius 3 is 2.42 bits per heavy atom. The van der Waals surface area contributed by atoms with Gasteiger partial charge in [0.05, 0.1) is 13.3 Å². The smallest absolute Gasteiger partial charge is 0.161 e. The van der Waals surface area contributed by atoms with E-state index < -0.39 is 0 Å². The number of hydrogen-bond donors (Lipinski definition) is 0. The third kappa shape index (κ3) is 4.82. The van der Waals surface area contributed by atoms with Gasteiger partial charge in [0, 0.05) is 10.0 Å². The Kier molecular flexibility index (Phi) is 6.21. The minimum Gasteiger partial charge on any atom is -0.493 e. The second-order valence-corrected chi connectivity index (χ2v) is 6.03. The Labute approximate surface area is 159 Å². The van der Waals surface area contributed by atoms with Crippen LogP contribution in [0.2, 0.25) is 0 Å². The minimum atomic E-state index is 0.382. The molecule has 0 saturated carbocycles. The van der Waals surface area contributed by atoms with Crippen LogP contribution >= 0.6 is 15.9 Å². The number of nitrogens with zero attached hydrogens (tertiary/aromatic N) is 4. The number of methoxy groups -OCH3 is 1. The molecule has 3 aromatic rings. The van der Waals surface area contributed by atoms with Gasteiger partial charge < -0.3 is 14.2 Å². The van der Waals surface area contributed by atoms with E-state index in [1.807, 2.05) is 42.5 Å². The molecule has 0 radical (unpaired) electrons. The van der Waals surface area contributed by atoms with Gasteiger partial charge in [-0.3, -0.25) is 0 Å². The first-order chi connectivity index (χ1) is 12.8. The van der Waals surface area contributed by atoms with Gasteiger partial charge in [0.15, 0.2) is 11.5 Å². The summed E-state index contributed by atoms with van der Waals surface area (Å²) in [5.41, 5.74) is 0.824. The van der Waals surface area contributed by atoms with Crippen molar-refractivity contribution in [3.63, 3.8) is 0 Å². The van der Waals surface area contributed by atoms with Crippen molar-refractivity contribution in [3.05, 3.63) is 65.2 Å². The second-order valence-electron chi connectivity index (χ2n) is 5.12. The van der Waals surface area contributed by atoms with Gasteiger partial charge in [-0.2, -0.15) is 5.10 Å². The molecule has 1 aromatic heterocycles. The van der Waals surface area contributed by atoms with Crippen LogP contribution in [0.4, 0.5) is 0 Å². The van der Waals surface area contributed by atoms with E-state index in [9.17, 15) is 0 Å². The summed E-state index contributed by atoms with van der Waals surface area (Å²) >= 11 is 3.46. The van der Waals surface area contributed by atoms with Crippen LogP contribution in [0.15, 0.2) is 64.7 Å². The number of hydrogen-bond acceptors (Lipinski definition) is 6. The van der Waals surface area contributed by atoms with Crippen molar-refractivity contribution in [1.82, 2.24) is 14.9 Å². The van der Waals surface area contributed by atoms with Crippen molar-refractivity contribution in [1.29, 1.82) is 0 Å². The molecular weight excluding hydrogens is 400 g/mol. The van der Waals surface area contributed by atoms with Crippen LogP contribution in [0.25, 0.3) is 0 Å². The molecule has 0 bridgehead atoms. The predicted molar refractivity (Wildman–Crippen MR) is 101 cm³/mol. The Hall–Kier alpha value is -2.87. The summed E-state index contributed by atoms with van der Waals surface area (Å²) in [7, 11) is 1.61. The summed E-state index contributed by atoms with van der Waals surface area (Å²) in [5, 5.41) is 11.7. The first-order valence-corrected chi connectivity index (χ1v) is 8.63. The molecule has 0 N–H and O–H groups in total. The number of aromatic nitrogens is 3. The molecular formula is C18H17BrN4O3. The van der Waals surface area contributed by atoms with Gasteiger partial charge in [-0.1, -0.05) is 28.1 Å². The second kappa shape index (κ2) is 9.00. The average Bonchev–Trinajstić information content (AvgIpc) is 3.18.